The molecule has 3 nitrogen and oxygen atoms in total. The fraction of sp³-hybridized carbons (Fsp3) is 0.600. The number of aliphatic hydroxyl groups is 1. The van der Waals surface area contributed by atoms with Gasteiger partial charge in [-0.15, -0.1) is 0 Å². The summed E-state index contributed by atoms with van der Waals surface area (Å²) < 4.78 is 18.8. The van der Waals surface area contributed by atoms with E-state index in [1.165, 1.54) is 12.1 Å². The van der Waals surface area contributed by atoms with Gasteiger partial charge in [-0.1, -0.05) is 12.1 Å². The summed E-state index contributed by atoms with van der Waals surface area (Å²) in [6.07, 6.45) is 3.10. The first kappa shape index (κ1) is 14.4. The Balaban J connectivity index is 2.19. The lowest BCUT2D eigenvalue weighted by Gasteiger charge is -2.33. The van der Waals surface area contributed by atoms with Crippen molar-refractivity contribution in [2.24, 2.45) is 5.73 Å². The van der Waals surface area contributed by atoms with E-state index in [2.05, 4.69) is 6.92 Å². The van der Waals surface area contributed by atoms with E-state index in [0.717, 1.165) is 18.4 Å². The minimum absolute atomic E-state index is 0.0522. The Hall–Kier alpha value is -0.970. The maximum atomic E-state index is 13.0. The molecule has 0 amide bonds. The Bertz CT molecular complexity index is 403. The number of nitrogens with two attached hydrogens (primary N) is 1. The van der Waals surface area contributed by atoms with Crippen molar-refractivity contribution in [3.63, 3.8) is 0 Å². The maximum absolute atomic E-state index is 13.0. The monoisotopic (exact) mass is 267 g/mol. The molecule has 4 heteroatoms. The highest BCUT2D eigenvalue weighted by Gasteiger charge is 2.36. The van der Waals surface area contributed by atoms with Crippen LogP contribution in [0.4, 0.5) is 4.39 Å². The van der Waals surface area contributed by atoms with Gasteiger partial charge in [-0.25, -0.2) is 4.39 Å². The molecule has 1 fully saturated rings. The van der Waals surface area contributed by atoms with Crippen molar-refractivity contribution in [1.29, 1.82) is 0 Å². The average molecular weight is 267 g/mol. The zero-order valence-electron chi connectivity index (χ0n) is 11.3. The summed E-state index contributed by atoms with van der Waals surface area (Å²) in [6, 6.07) is 6.23. The third-order valence-electron chi connectivity index (χ3n) is 4.09. The molecule has 3 unspecified atom stereocenters. The second-order valence-electron chi connectivity index (χ2n) is 5.50. The molecular weight excluding hydrogens is 245 g/mol. The molecule has 0 bridgehead atoms. The van der Waals surface area contributed by atoms with Crippen molar-refractivity contribution in [3.05, 3.63) is 35.6 Å². The molecule has 1 aromatic rings. The number of hydrogen-bond acceptors (Lipinski definition) is 3. The molecule has 19 heavy (non-hydrogen) atoms. The maximum Gasteiger partial charge on any atom is 0.123 e. The van der Waals surface area contributed by atoms with Crippen molar-refractivity contribution in [3.8, 4) is 0 Å². The van der Waals surface area contributed by atoms with Gasteiger partial charge in [-0.05, 0) is 43.9 Å². The van der Waals surface area contributed by atoms with E-state index in [1.807, 2.05) is 0 Å². The number of ether oxygens (including phenoxy) is 1. The van der Waals surface area contributed by atoms with Crippen molar-refractivity contribution < 1.29 is 14.2 Å². The highest BCUT2D eigenvalue weighted by Crippen LogP contribution is 2.33. The molecular formula is C15H22FNO2. The highest BCUT2D eigenvalue weighted by atomic mass is 19.1. The predicted octanol–water partition coefficient (Wildman–Crippen LogP) is 1.97. The number of halogens is 1. The number of hydrogen-bond donors (Lipinski definition) is 2. The molecule has 0 aromatic heterocycles. The largest absolute Gasteiger partial charge is 0.395 e. The second kappa shape index (κ2) is 5.99. The zero-order valence-corrected chi connectivity index (χ0v) is 11.3. The SMILES string of the molecule is CC1CCC(CC(CN)(CO)c2ccc(F)cc2)O1. The van der Waals surface area contributed by atoms with Crippen LogP contribution in [-0.4, -0.2) is 30.5 Å². The van der Waals surface area contributed by atoms with Gasteiger partial charge in [0.25, 0.3) is 0 Å². The molecule has 0 aliphatic carbocycles. The van der Waals surface area contributed by atoms with Crippen LogP contribution >= 0.6 is 0 Å². The molecule has 3 N–H and O–H groups in total. The van der Waals surface area contributed by atoms with Crippen LogP contribution < -0.4 is 5.73 Å². The normalized spacial score (nSPS) is 26.3. The molecule has 0 saturated carbocycles. The van der Waals surface area contributed by atoms with Crippen LogP contribution in [-0.2, 0) is 10.2 Å². The van der Waals surface area contributed by atoms with Crippen LogP contribution in [0, 0.1) is 5.82 Å². The molecule has 1 saturated heterocycles. The Kier molecular flexibility index (Phi) is 4.55. The molecule has 1 aliphatic heterocycles. The average Bonchev–Trinajstić information content (AvgIpc) is 2.82. The highest BCUT2D eigenvalue weighted by molar-refractivity contribution is 5.27. The summed E-state index contributed by atoms with van der Waals surface area (Å²) in [5.74, 6) is -0.279. The molecule has 0 radical (unpaired) electrons. The summed E-state index contributed by atoms with van der Waals surface area (Å²) in [6.45, 7) is 2.33. The topological polar surface area (TPSA) is 55.5 Å². The van der Waals surface area contributed by atoms with Crippen LogP contribution in [0.15, 0.2) is 24.3 Å². The van der Waals surface area contributed by atoms with Crippen LogP contribution in [0.5, 0.6) is 0 Å². The predicted molar refractivity (Wildman–Crippen MR) is 72.4 cm³/mol. The van der Waals surface area contributed by atoms with Gasteiger partial charge in [-0.3, -0.25) is 0 Å². The third kappa shape index (κ3) is 3.14. The van der Waals surface area contributed by atoms with E-state index in [9.17, 15) is 9.50 Å². The number of benzene rings is 1. The van der Waals surface area contributed by atoms with E-state index in [4.69, 9.17) is 10.5 Å². The molecule has 2 rings (SSSR count). The molecule has 1 aliphatic rings. The number of aliphatic hydroxyl groups excluding tert-OH is 1. The summed E-state index contributed by atoms with van der Waals surface area (Å²) >= 11 is 0. The van der Waals surface area contributed by atoms with Crippen molar-refractivity contribution in [1.82, 2.24) is 0 Å². The van der Waals surface area contributed by atoms with Gasteiger partial charge < -0.3 is 15.6 Å². The second-order valence-corrected chi connectivity index (χ2v) is 5.50. The van der Waals surface area contributed by atoms with Gasteiger partial charge in [0, 0.05) is 12.0 Å². The van der Waals surface area contributed by atoms with E-state index >= 15 is 0 Å². The summed E-state index contributed by atoms with van der Waals surface area (Å²) in [5.41, 5.74) is 6.23. The first-order valence-corrected chi connectivity index (χ1v) is 6.82. The lowest BCUT2D eigenvalue weighted by Crippen LogP contribution is -2.41. The molecule has 1 heterocycles. The van der Waals surface area contributed by atoms with Gasteiger partial charge in [0.05, 0.1) is 18.8 Å². The first-order valence-electron chi connectivity index (χ1n) is 6.82. The van der Waals surface area contributed by atoms with Gasteiger partial charge in [-0.2, -0.15) is 0 Å². The zero-order chi connectivity index (χ0) is 13.9. The summed E-state index contributed by atoms with van der Waals surface area (Å²) in [7, 11) is 0. The van der Waals surface area contributed by atoms with Crippen LogP contribution in [0.2, 0.25) is 0 Å². The standard InChI is InChI=1S/C15H22FNO2/c1-11-2-7-14(19-11)8-15(9-17,10-18)12-3-5-13(16)6-4-12/h3-6,11,14,18H,2,7-10,17H2,1H3. The lowest BCUT2D eigenvalue weighted by atomic mass is 9.76. The van der Waals surface area contributed by atoms with Crippen molar-refractivity contribution in [2.75, 3.05) is 13.2 Å². The molecule has 3 atom stereocenters. The Morgan fingerprint density at radius 1 is 1.37 bits per heavy atom. The minimum atomic E-state index is -0.539. The molecule has 0 spiro atoms. The van der Waals surface area contributed by atoms with Crippen molar-refractivity contribution >= 4 is 0 Å². The Labute approximate surface area is 113 Å². The molecule has 106 valence electrons. The quantitative estimate of drug-likeness (QED) is 0.857. The van der Waals surface area contributed by atoms with Crippen molar-refractivity contribution in [2.45, 2.75) is 43.8 Å². The summed E-state index contributed by atoms with van der Waals surface area (Å²) in [5, 5.41) is 9.80. The van der Waals surface area contributed by atoms with Crippen LogP contribution in [0.1, 0.15) is 31.7 Å². The van der Waals surface area contributed by atoms with E-state index in [0.29, 0.717) is 13.0 Å². The lowest BCUT2D eigenvalue weighted by molar-refractivity contribution is 0.0269. The van der Waals surface area contributed by atoms with Gasteiger partial charge >= 0.3 is 0 Å². The fourth-order valence-corrected chi connectivity index (χ4v) is 2.81. The minimum Gasteiger partial charge on any atom is -0.395 e. The van der Waals surface area contributed by atoms with E-state index in [-0.39, 0.29) is 24.6 Å². The van der Waals surface area contributed by atoms with Crippen LogP contribution in [0.25, 0.3) is 0 Å². The Morgan fingerprint density at radius 2 is 2.05 bits per heavy atom. The third-order valence-corrected chi connectivity index (χ3v) is 4.09. The van der Waals surface area contributed by atoms with Gasteiger partial charge in [0.2, 0.25) is 0 Å². The van der Waals surface area contributed by atoms with E-state index in [1.54, 1.807) is 12.1 Å². The Morgan fingerprint density at radius 3 is 2.53 bits per heavy atom. The van der Waals surface area contributed by atoms with Crippen LogP contribution in [0.3, 0.4) is 0 Å². The fourth-order valence-electron chi connectivity index (χ4n) is 2.81. The smallest absolute Gasteiger partial charge is 0.123 e. The van der Waals surface area contributed by atoms with Gasteiger partial charge in [0.1, 0.15) is 5.82 Å². The number of rotatable bonds is 5. The van der Waals surface area contributed by atoms with Gasteiger partial charge in [0.15, 0.2) is 0 Å². The summed E-state index contributed by atoms with van der Waals surface area (Å²) in [4.78, 5) is 0. The molecule has 1 aromatic carbocycles. The van der Waals surface area contributed by atoms with E-state index < -0.39 is 5.41 Å². The first-order chi connectivity index (χ1) is 9.09.